The van der Waals surface area contributed by atoms with Gasteiger partial charge in [-0.15, -0.1) is 0 Å². The Morgan fingerprint density at radius 1 is 0.900 bits per heavy atom. The molecular weight excluding hydrogens is 262 g/mol. The van der Waals surface area contributed by atoms with E-state index in [1.165, 1.54) is 38.2 Å². The van der Waals surface area contributed by atoms with Gasteiger partial charge < -0.3 is 9.84 Å². The molecule has 0 aliphatic rings. The molecule has 0 saturated carbocycles. The van der Waals surface area contributed by atoms with Gasteiger partial charge in [-0.2, -0.15) is 8.78 Å². The number of rotatable bonds is 10. The van der Waals surface area contributed by atoms with E-state index in [4.69, 9.17) is 9.84 Å². The summed E-state index contributed by atoms with van der Waals surface area (Å²) in [5.41, 5.74) is 0. The summed E-state index contributed by atoms with van der Waals surface area (Å²) in [7, 11) is 0. The quantitative estimate of drug-likeness (QED) is 0.600. The Bertz CT molecular complexity index is 394. The third-order valence-electron chi connectivity index (χ3n) is 3.28. The third kappa shape index (κ3) is 5.76. The zero-order chi connectivity index (χ0) is 14.8. The fourth-order valence-corrected chi connectivity index (χ4v) is 2.05. The lowest BCUT2D eigenvalue weighted by Crippen LogP contribution is -2.00. The largest absolute Gasteiger partial charge is 0.505 e. The minimum atomic E-state index is -1.25. The van der Waals surface area contributed by atoms with Gasteiger partial charge in [0.2, 0.25) is 11.6 Å². The molecule has 1 aromatic carbocycles. The van der Waals surface area contributed by atoms with Gasteiger partial charge in [-0.1, -0.05) is 51.9 Å². The number of phenols is 1. The summed E-state index contributed by atoms with van der Waals surface area (Å²) in [6.07, 6.45) is 9.36. The van der Waals surface area contributed by atoms with Crippen LogP contribution in [0.3, 0.4) is 0 Å². The van der Waals surface area contributed by atoms with E-state index >= 15 is 0 Å². The van der Waals surface area contributed by atoms with Crippen LogP contribution in [0, 0.1) is 11.6 Å². The van der Waals surface area contributed by atoms with Gasteiger partial charge in [0.05, 0.1) is 6.61 Å². The number of phenolic OH excluding ortho intramolecular Hbond substituents is 1. The first-order chi connectivity index (χ1) is 9.66. The highest BCUT2D eigenvalue weighted by molar-refractivity contribution is 5.33. The highest BCUT2D eigenvalue weighted by Crippen LogP contribution is 2.26. The average Bonchev–Trinajstić information content (AvgIpc) is 2.45. The number of hydrogen-bond donors (Lipinski definition) is 1. The maximum atomic E-state index is 13.4. The molecule has 114 valence electrons. The molecule has 2 nitrogen and oxygen atoms in total. The van der Waals surface area contributed by atoms with E-state index < -0.39 is 17.4 Å². The molecule has 0 aromatic heterocycles. The van der Waals surface area contributed by atoms with E-state index in [1.54, 1.807) is 0 Å². The molecule has 0 heterocycles. The maximum Gasteiger partial charge on any atom is 0.204 e. The first-order valence-corrected chi connectivity index (χ1v) is 7.46. The van der Waals surface area contributed by atoms with Crippen LogP contribution in [0.15, 0.2) is 12.1 Å². The monoisotopic (exact) mass is 286 g/mol. The van der Waals surface area contributed by atoms with Crippen molar-refractivity contribution in [1.29, 1.82) is 0 Å². The Balaban J connectivity index is 2.11. The fourth-order valence-electron chi connectivity index (χ4n) is 2.05. The molecule has 0 atom stereocenters. The number of benzene rings is 1. The Morgan fingerprint density at radius 2 is 1.50 bits per heavy atom. The molecule has 0 fully saturated rings. The Kier molecular flexibility index (Phi) is 8.00. The van der Waals surface area contributed by atoms with E-state index in [-0.39, 0.29) is 5.75 Å². The van der Waals surface area contributed by atoms with Crippen LogP contribution in [0.2, 0.25) is 0 Å². The predicted octanol–water partition coefficient (Wildman–Crippen LogP) is 5.19. The van der Waals surface area contributed by atoms with Crippen molar-refractivity contribution in [2.75, 3.05) is 6.61 Å². The van der Waals surface area contributed by atoms with Gasteiger partial charge in [0.25, 0.3) is 0 Å². The molecule has 0 unspecified atom stereocenters. The van der Waals surface area contributed by atoms with E-state index in [2.05, 4.69) is 6.92 Å². The van der Waals surface area contributed by atoms with Crippen LogP contribution in [0.4, 0.5) is 8.78 Å². The molecule has 0 aliphatic heterocycles. The Hall–Kier alpha value is -1.32. The number of halogens is 2. The first kappa shape index (κ1) is 16.7. The summed E-state index contributed by atoms with van der Waals surface area (Å²) >= 11 is 0. The number of aromatic hydroxyl groups is 1. The van der Waals surface area contributed by atoms with Crippen molar-refractivity contribution in [2.45, 2.75) is 58.3 Å². The molecule has 4 heteroatoms. The van der Waals surface area contributed by atoms with Gasteiger partial charge in [-0.25, -0.2) is 0 Å². The van der Waals surface area contributed by atoms with E-state index in [0.717, 1.165) is 25.3 Å². The SMILES string of the molecule is CCCCCCCCCCOc1ccc(O)c(F)c1F. The molecule has 0 bridgehead atoms. The van der Waals surface area contributed by atoms with Gasteiger partial charge in [0.1, 0.15) is 0 Å². The number of hydrogen-bond acceptors (Lipinski definition) is 2. The zero-order valence-electron chi connectivity index (χ0n) is 12.1. The lowest BCUT2D eigenvalue weighted by molar-refractivity contribution is 0.281. The van der Waals surface area contributed by atoms with Crippen molar-refractivity contribution in [3.05, 3.63) is 23.8 Å². The molecular formula is C16H24F2O2. The lowest BCUT2D eigenvalue weighted by atomic mass is 10.1. The van der Waals surface area contributed by atoms with Crippen LogP contribution in [0.25, 0.3) is 0 Å². The second-order valence-corrected chi connectivity index (χ2v) is 5.03. The third-order valence-corrected chi connectivity index (χ3v) is 3.28. The minimum absolute atomic E-state index is 0.136. The molecule has 20 heavy (non-hydrogen) atoms. The smallest absolute Gasteiger partial charge is 0.204 e. The second kappa shape index (κ2) is 9.56. The topological polar surface area (TPSA) is 29.5 Å². The molecule has 1 N–H and O–H groups in total. The summed E-state index contributed by atoms with van der Waals surface area (Å²) in [6, 6.07) is 2.35. The van der Waals surface area contributed by atoms with Crippen molar-refractivity contribution >= 4 is 0 Å². The van der Waals surface area contributed by atoms with Crippen molar-refractivity contribution < 1.29 is 18.6 Å². The van der Waals surface area contributed by atoms with E-state index in [9.17, 15) is 8.78 Å². The van der Waals surface area contributed by atoms with Crippen LogP contribution < -0.4 is 4.74 Å². The van der Waals surface area contributed by atoms with Gasteiger partial charge in [-0.3, -0.25) is 0 Å². The number of ether oxygens (including phenoxy) is 1. The maximum absolute atomic E-state index is 13.4. The Morgan fingerprint density at radius 3 is 2.15 bits per heavy atom. The highest BCUT2D eigenvalue weighted by atomic mass is 19.2. The lowest BCUT2D eigenvalue weighted by Gasteiger charge is -2.08. The molecule has 0 saturated heterocycles. The molecule has 0 amide bonds. The van der Waals surface area contributed by atoms with Crippen LogP contribution in [-0.4, -0.2) is 11.7 Å². The van der Waals surface area contributed by atoms with Gasteiger partial charge >= 0.3 is 0 Å². The summed E-state index contributed by atoms with van der Waals surface area (Å²) < 4.78 is 31.6. The van der Waals surface area contributed by atoms with Crippen molar-refractivity contribution in [3.63, 3.8) is 0 Å². The zero-order valence-corrected chi connectivity index (χ0v) is 12.1. The van der Waals surface area contributed by atoms with Crippen LogP contribution in [0.1, 0.15) is 58.3 Å². The van der Waals surface area contributed by atoms with Gasteiger partial charge in [0, 0.05) is 0 Å². The van der Waals surface area contributed by atoms with E-state index in [1.807, 2.05) is 0 Å². The molecule has 1 aromatic rings. The molecule has 1 rings (SSSR count). The van der Waals surface area contributed by atoms with Gasteiger partial charge in [-0.05, 0) is 18.6 Å². The van der Waals surface area contributed by atoms with Crippen LogP contribution >= 0.6 is 0 Å². The van der Waals surface area contributed by atoms with Crippen molar-refractivity contribution in [2.24, 2.45) is 0 Å². The van der Waals surface area contributed by atoms with Crippen molar-refractivity contribution in [3.8, 4) is 11.5 Å². The number of unbranched alkanes of at least 4 members (excludes halogenated alkanes) is 7. The summed E-state index contributed by atoms with van der Waals surface area (Å²) in [6.45, 7) is 2.57. The normalized spacial score (nSPS) is 10.8. The first-order valence-electron chi connectivity index (χ1n) is 7.46. The predicted molar refractivity (Wildman–Crippen MR) is 76.1 cm³/mol. The molecule has 0 radical (unpaired) electrons. The highest BCUT2D eigenvalue weighted by Gasteiger charge is 2.13. The van der Waals surface area contributed by atoms with E-state index in [0.29, 0.717) is 6.61 Å². The van der Waals surface area contributed by atoms with Crippen molar-refractivity contribution in [1.82, 2.24) is 0 Å². The molecule has 0 spiro atoms. The average molecular weight is 286 g/mol. The summed E-state index contributed by atoms with van der Waals surface area (Å²) in [5.74, 6) is -3.20. The minimum Gasteiger partial charge on any atom is -0.505 e. The summed E-state index contributed by atoms with van der Waals surface area (Å²) in [4.78, 5) is 0. The fraction of sp³-hybridized carbons (Fsp3) is 0.625. The molecule has 0 aliphatic carbocycles. The standard InChI is InChI=1S/C16H24F2O2/c1-2-3-4-5-6-7-8-9-12-20-14-11-10-13(19)15(17)16(14)18/h10-11,19H,2-9,12H2,1H3. The second-order valence-electron chi connectivity index (χ2n) is 5.03. The Labute approximate surface area is 119 Å². The summed E-state index contributed by atoms with van der Waals surface area (Å²) in [5, 5.41) is 8.98. The van der Waals surface area contributed by atoms with Crippen LogP contribution in [0.5, 0.6) is 11.5 Å². The van der Waals surface area contributed by atoms with Crippen LogP contribution in [-0.2, 0) is 0 Å². The van der Waals surface area contributed by atoms with Gasteiger partial charge in [0.15, 0.2) is 11.5 Å².